The fourth-order valence-electron chi connectivity index (χ4n) is 0.483. The number of halogens is 1. The van der Waals surface area contributed by atoms with Crippen LogP contribution in [0.4, 0.5) is 4.39 Å². The van der Waals surface area contributed by atoms with E-state index >= 15 is 0 Å². The first kappa shape index (κ1) is 8.60. The van der Waals surface area contributed by atoms with Gasteiger partial charge in [-0.2, -0.15) is 0 Å². The second-order valence-electron chi connectivity index (χ2n) is 2.90. The van der Waals surface area contributed by atoms with Crippen LogP contribution in [0.1, 0.15) is 27.7 Å². The summed E-state index contributed by atoms with van der Waals surface area (Å²) in [5.41, 5.74) is -1.37. The minimum absolute atomic E-state index is 0.0949. The molecule has 1 atom stereocenters. The Bertz CT molecular complexity index is 113. The molecule has 0 rings (SSSR count). The van der Waals surface area contributed by atoms with Crippen LogP contribution >= 0.6 is 0 Å². The van der Waals surface area contributed by atoms with Gasteiger partial charge in [-0.25, -0.2) is 4.39 Å². The maximum absolute atomic E-state index is 12.8. The van der Waals surface area contributed by atoms with Crippen molar-refractivity contribution < 1.29 is 9.18 Å². The van der Waals surface area contributed by atoms with E-state index in [9.17, 15) is 9.18 Å². The Morgan fingerprint density at radius 2 is 1.89 bits per heavy atom. The van der Waals surface area contributed by atoms with Crippen LogP contribution in [0.25, 0.3) is 0 Å². The lowest BCUT2D eigenvalue weighted by molar-refractivity contribution is -0.124. The molecule has 0 bridgehead atoms. The lowest BCUT2D eigenvalue weighted by Crippen LogP contribution is -2.28. The van der Waals surface area contributed by atoms with Gasteiger partial charge in [0.2, 0.25) is 0 Å². The van der Waals surface area contributed by atoms with Gasteiger partial charge in [0.15, 0.2) is 0 Å². The molecule has 0 aliphatic carbocycles. The van der Waals surface area contributed by atoms with E-state index in [1.165, 1.54) is 20.8 Å². The summed E-state index contributed by atoms with van der Waals surface area (Å²) in [6.07, 6.45) is 0. The summed E-state index contributed by atoms with van der Waals surface area (Å²) in [6, 6.07) is 0. The summed E-state index contributed by atoms with van der Waals surface area (Å²) < 4.78 is 12.8. The molecule has 0 aliphatic rings. The van der Waals surface area contributed by atoms with Crippen molar-refractivity contribution in [1.29, 1.82) is 0 Å². The fourth-order valence-corrected chi connectivity index (χ4v) is 0.483. The Hall–Kier alpha value is -0.400. The van der Waals surface area contributed by atoms with Crippen molar-refractivity contribution in [3.8, 4) is 0 Å². The molecular weight excluding hydrogens is 119 g/mol. The Morgan fingerprint density at radius 1 is 1.56 bits per heavy atom. The van der Waals surface area contributed by atoms with Crippen molar-refractivity contribution in [1.82, 2.24) is 0 Å². The summed E-state index contributed by atoms with van der Waals surface area (Å²) in [5.74, 6) is -0.583. The minimum Gasteiger partial charge on any atom is -0.300 e. The van der Waals surface area contributed by atoms with Crippen molar-refractivity contribution in [2.75, 3.05) is 0 Å². The van der Waals surface area contributed by atoms with Crippen molar-refractivity contribution in [3.63, 3.8) is 0 Å². The van der Waals surface area contributed by atoms with Gasteiger partial charge in [0, 0.05) is 5.92 Å². The predicted octanol–water partition coefficient (Wildman–Crippen LogP) is 1.96. The van der Waals surface area contributed by atoms with Gasteiger partial charge >= 0.3 is 0 Å². The molecule has 0 saturated carbocycles. The molecule has 0 aromatic carbocycles. The fraction of sp³-hybridized carbons (Fsp3) is 0.857. The third-order valence-corrected chi connectivity index (χ3v) is 1.64. The van der Waals surface area contributed by atoms with Gasteiger partial charge in [0.05, 0.1) is 0 Å². The van der Waals surface area contributed by atoms with Crippen LogP contribution < -0.4 is 0 Å². The normalized spacial score (nSPS) is 15.2. The molecule has 0 heterocycles. The number of carbonyl (C=O) groups excluding carboxylic acids is 1. The van der Waals surface area contributed by atoms with Crippen molar-refractivity contribution in [2.45, 2.75) is 33.4 Å². The molecule has 2 heteroatoms. The zero-order valence-corrected chi connectivity index (χ0v) is 6.36. The van der Waals surface area contributed by atoms with E-state index in [4.69, 9.17) is 0 Å². The zero-order chi connectivity index (χ0) is 7.65. The van der Waals surface area contributed by atoms with Crippen molar-refractivity contribution >= 4 is 5.78 Å². The number of alkyl halides is 1. The standard InChI is InChI=1S/C7H13FO/c1-5(6(2)9)7(3,4)8/h5H,1-4H3. The van der Waals surface area contributed by atoms with E-state index in [1.54, 1.807) is 6.92 Å². The molecule has 0 radical (unpaired) electrons. The van der Waals surface area contributed by atoms with Crippen LogP contribution in [0.15, 0.2) is 0 Å². The second-order valence-corrected chi connectivity index (χ2v) is 2.90. The Labute approximate surface area is 55.3 Å². The predicted molar refractivity (Wildman–Crippen MR) is 35.0 cm³/mol. The summed E-state index contributed by atoms with van der Waals surface area (Å²) in [7, 11) is 0. The first-order valence-electron chi connectivity index (χ1n) is 3.05. The summed E-state index contributed by atoms with van der Waals surface area (Å²) in [5, 5.41) is 0. The molecule has 0 fully saturated rings. The third-order valence-electron chi connectivity index (χ3n) is 1.64. The molecule has 0 aromatic heterocycles. The SMILES string of the molecule is CC(=O)C(C)C(C)(C)F. The van der Waals surface area contributed by atoms with Crippen LogP contribution in [-0.2, 0) is 4.79 Å². The van der Waals surface area contributed by atoms with Crippen molar-refractivity contribution in [3.05, 3.63) is 0 Å². The first-order chi connectivity index (χ1) is 3.85. The number of hydrogen-bond donors (Lipinski definition) is 0. The first-order valence-corrected chi connectivity index (χ1v) is 3.05. The zero-order valence-electron chi connectivity index (χ0n) is 6.36. The number of hydrogen-bond acceptors (Lipinski definition) is 1. The summed E-state index contributed by atoms with van der Waals surface area (Å²) in [6.45, 7) is 5.84. The van der Waals surface area contributed by atoms with E-state index in [0.29, 0.717) is 0 Å². The molecule has 1 nitrogen and oxygen atoms in total. The van der Waals surface area contributed by atoms with Crippen LogP contribution in [0.2, 0.25) is 0 Å². The molecule has 1 unspecified atom stereocenters. The molecule has 9 heavy (non-hydrogen) atoms. The molecule has 0 amide bonds. The number of Topliss-reactive ketones (excluding diaryl/α,β-unsaturated/α-hetero) is 1. The molecule has 0 saturated heterocycles. The van der Waals surface area contributed by atoms with Crippen LogP contribution in [0.5, 0.6) is 0 Å². The smallest absolute Gasteiger partial charge is 0.135 e. The summed E-state index contributed by atoms with van der Waals surface area (Å²) >= 11 is 0. The summed E-state index contributed by atoms with van der Waals surface area (Å²) in [4.78, 5) is 10.6. The Morgan fingerprint density at radius 3 is 1.89 bits per heavy atom. The molecule has 0 N–H and O–H groups in total. The van der Waals surface area contributed by atoms with E-state index in [0.717, 1.165) is 0 Å². The van der Waals surface area contributed by atoms with E-state index < -0.39 is 11.6 Å². The lowest BCUT2D eigenvalue weighted by atomic mass is 9.92. The van der Waals surface area contributed by atoms with Crippen LogP contribution in [0.3, 0.4) is 0 Å². The molecule has 0 aromatic rings. The maximum Gasteiger partial charge on any atom is 0.135 e. The van der Waals surface area contributed by atoms with Gasteiger partial charge in [0.25, 0.3) is 0 Å². The average molecular weight is 132 g/mol. The van der Waals surface area contributed by atoms with E-state index in [2.05, 4.69) is 0 Å². The quantitative estimate of drug-likeness (QED) is 0.561. The second kappa shape index (κ2) is 2.46. The van der Waals surface area contributed by atoms with E-state index in [-0.39, 0.29) is 5.78 Å². The third kappa shape index (κ3) is 2.59. The Balaban J connectivity index is 4.04. The highest BCUT2D eigenvalue weighted by Crippen LogP contribution is 2.20. The molecular formula is C7H13FO. The van der Waals surface area contributed by atoms with Crippen molar-refractivity contribution in [2.24, 2.45) is 5.92 Å². The van der Waals surface area contributed by atoms with Crippen LogP contribution in [0, 0.1) is 5.92 Å². The Kier molecular flexibility index (Phi) is 2.35. The molecule has 54 valence electrons. The minimum atomic E-state index is -1.37. The van der Waals surface area contributed by atoms with Gasteiger partial charge in [-0.15, -0.1) is 0 Å². The van der Waals surface area contributed by atoms with Gasteiger partial charge < -0.3 is 0 Å². The number of rotatable bonds is 2. The highest BCUT2D eigenvalue weighted by atomic mass is 19.1. The van der Waals surface area contributed by atoms with Gasteiger partial charge in [0.1, 0.15) is 11.5 Å². The molecule has 0 aliphatic heterocycles. The topological polar surface area (TPSA) is 17.1 Å². The van der Waals surface area contributed by atoms with E-state index in [1.807, 2.05) is 0 Å². The maximum atomic E-state index is 12.8. The van der Waals surface area contributed by atoms with Crippen LogP contribution in [-0.4, -0.2) is 11.5 Å². The number of ketones is 1. The molecule has 0 spiro atoms. The highest BCUT2D eigenvalue weighted by molar-refractivity contribution is 5.78. The average Bonchev–Trinajstić information content (AvgIpc) is 1.62. The number of carbonyl (C=O) groups is 1. The van der Waals surface area contributed by atoms with Gasteiger partial charge in [-0.3, -0.25) is 4.79 Å². The largest absolute Gasteiger partial charge is 0.300 e. The highest BCUT2D eigenvalue weighted by Gasteiger charge is 2.27. The lowest BCUT2D eigenvalue weighted by Gasteiger charge is -2.19. The monoisotopic (exact) mass is 132 g/mol. The van der Waals surface area contributed by atoms with Gasteiger partial charge in [-0.1, -0.05) is 6.92 Å². The van der Waals surface area contributed by atoms with Gasteiger partial charge in [-0.05, 0) is 20.8 Å².